The van der Waals surface area contributed by atoms with E-state index >= 15 is 0 Å². The van der Waals surface area contributed by atoms with Crippen LogP contribution in [0.3, 0.4) is 0 Å². The minimum absolute atomic E-state index is 0.0361. The highest BCUT2D eigenvalue weighted by molar-refractivity contribution is 6.01. The molecule has 0 radical (unpaired) electrons. The smallest absolute Gasteiger partial charge is 0.257 e. The van der Waals surface area contributed by atoms with Crippen molar-refractivity contribution in [3.05, 3.63) is 66.8 Å². The van der Waals surface area contributed by atoms with Crippen molar-refractivity contribution >= 4 is 16.7 Å². The van der Waals surface area contributed by atoms with Gasteiger partial charge < -0.3 is 10.0 Å². The van der Waals surface area contributed by atoms with E-state index < -0.39 is 0 Å². The summed E-state index contributed by atoms with van der Waals surface area (Å²) in [7, 11) is 1.72. The fraction of sp³-hybridized carbons (Fsp3) is 0.292. The lowest BCUT2D eigenvalue weighted by atomic mass is 10.1. The first-order valence-corrected chi connectivity index (χ1v) is 8.95. The molecule has 2 rings (SSSR count). The maximum atomic E-state index is 12.0. The number of carbonyl (C=O) groups excluding carboxylic acids is 1. The zero-order chi connectivity index (χ0) is 21.2. The first-order chi connectivity index (χ1) is 13.0. The van der Waals surface area contributed by atoms with E-state index in [4.69, 9.17) is 0 Å². The summed E-state index contributed by atoms with van der Waals surface area (Å²) in [5.74, 6) is -0.121. The van der Waals surface area contributed by atoms with Gasteiger partial charge in [-0.1, -0.05) is 49.4 Å². The van der Waals surface area contributed by atoms with Crippen molar-refractivity contribution in [2.24, 2.45) is 0 Å². The number of terminal acetylenes is 1. The van der Waals surface area contributed by atoms with E-state index in [0.717, 1.165) is 17.2 Å². The lowest BCUT2D eigenvalue weighted by Crippen LogP contribution is -2.26. The number of allylic oxidation sites excluding steroid dienone is 3. The molecule has 0 spiro atoms. The van der Waals surface area contributed by atoms with Gasteiger partial charge in [0.2, 0.25) is 0 Å². The van der Waals surface area contributed by atoms with Crippen LogP contribution in [0.25, 0.3) is 10.8 Å². The summed E-state index contributed by atoms with van der Waals surface area (Å²) in [4.78, 5) is 13.6. The van der Waals surface area contributed by atoms with Gasteiger partial charge in [0.05, 0.1) is 5.56 Å². The van der Waals surface area contributed by atoms with Gasteiger partial charge in [-0.3, -0.25) is 4.79 Å². The van der Waals surface area contributed by atoms with Crippen LogP contribution >= 0.6 is 0 Å². The standard InChI is InChI=1S/C14H15NO2.C5H10.C3H6.C2H2/c1-3-15(2)14(17)12-8-10-6-4-5-7-11(10)9-13(12)16;1-3-5-4-2;1-3-2;1-2/h4-9,16H,3H2,1-2H3;3,5H,4H2,1-2H3;3H,1H2,2H3;1-2H/b;5-3-;;. The zero-order valence-electron chi connectivity index (χ0n) is 17.3. The molecule has 0 saturated carbocycles. The van der Waals surface area contributed by atoms with E-state index in [9.17, 15) is 9.90 Å². The van der Waals surface area contributed by atoms with Gasteiger partial charge in [-0.05, 0) is 50.1 Å². The third-order valence-corrected chi connectivity index (χ3v) is 3.39. The summed E-state index contributed by atoms with van der Waals surface area (Å²) in [6, 6.07) is 11.0. The van der Waals surface area contributed by atoms with Crippen LogP contribution in [0.5, 0.6) is 5.75 Å². The number of fused-ring (bicyclic) bond motifs is 1. The normalized spacial score (nSPS) is 9.00. The Morgan fingerprint density at radius 2 is 1.63 bits per heavy atom. The minimum Gasteiger partial charge on any atom is -0.507 e. The average Bonchev–Trinajstić information content (AvgIpc) is 2.69. The lowest BCUT2D eigenvalue weighted by Gasteiger charge is -2.15. The maximum Gasteiger partial charge on any atom is 0.257 e. The van der Waals surface area contributed by atoms with Gasteiger partial charge in [0.1, 0.15) is 5.75 Å². The average molecular weight is 368 g/mol. The number of rotatable bonds is 3. The van der Waals surface area contributed by atoms with Crippen LogP contribution in [0.2, 0.25) is 0 Å². The Hall–Kier alpha value is -2.99. The first-order valence-electron chi connectivity index (χ1n) is 8.95. The van der Waals surface area contributed by atoms with E-state index in [-0.39, 0.29) is 11.7 Å². The highest BCUT2D eigenvalue weighted by Crippen LogP contribution is 2.25. The number of phenolic OH excluding ortho intramolecular Hbond substituents is 1. The van der Waals surface area contributed by atoms with Gasteiger partial charge in [-0.25, -0.2) is 0 Å². The molecule has 0 fully saturated rings. The van der Waals surface area contributed by atoms with E-state index in [2.05, 4.69) is 38.5 Å². The summed E-state index contributed by atoms with van der Waals surface area (Å²) in [6.07, 6.45) is 15.1. The van der Waals surface area contributed by atoms with Crippen molar-refractivity contribution in [1.29, 1.82) is 0 Å². The molecule has 0 aliphatic heterocycles. The maximum absolute atomic E-state index is 12.0. The van der Waals surface area contributed by atoms with Crippen molar-refractivity contribution < 1.29 is 9.90 Å². The number of benzene rings is 2. The second-order valence-electron chi connectivity index (χ2n) is 5.42. The predicted octanol–water partition coefficient (Wildman–Crippen LogP) is 6.05. The highest BCUT2D eigenvalue weighted by Gasteiger charge is 2.15. The van der Waals surface area contributed by atoms with Gasteiger partial charge in [0, 0.05) is 13.6 Å². The number of hydrogen-bond acceptors (Lipinski definition) is 2. The number of hydrogen-bond donors (Lipinski definition) is 1. The van der Waals surface area contributed by atoms with Crippen LogP contribution in [-0.2, 0) is 0 Å². The molecule has 146 valence electrons. The van der Waals surface area contributed by atoms with Crippen molar-refractivity contribution in [3.63, 3.8) is 0 Å². The molecule has 0 heterocycles. The van der Waals surface area contributed by atoms with E-state index in [1.54, 1.807) is 30.2 Å². The molecule has 27 heavy (non-hydrogen) atoms. The Morgan fingerprint density at radius 3 is 2.00 bits per heavy atom. The summed E-state index contributed by atoms with van der Waals surface area (Å²) in [6.45, 7) is 11.9. The summed E-state index contributed by atoms with van der Waals surface area (Å²) in [5, 5.41) is 11.8. The zero-order valence-corrected chi connectivity index (χ0v) is 17.3. The third-order valence-electron chi connectivity index (χ3n) is 3.39. The van der Waals surface area contributed by atoms with Crippen LogP contribution in [-0.4, -0.2) is 29.5 Å². The van der Waals surface area contributed by atoms with Crippen molar-refractivity contribution in [3.8, 4) is 18.6 Å². The van der Waals surface area contributed by atoms with Gasteiger partial charge in [-0.15, -0.1) is 19.4 Å². The molecule has 3 nitrogen and oxygen atoms in total. The number of aromatic hydroxyl groups is 1. The molecule has 0 unspecified atom stereocenters. The van der Waals surface area contributed by atoms with Crippen LogP contribution in [0.4, 0.5) is 0 Å². The van der Waals surface area contributed by atoms with Crippen LogP contribution in [0, 0.1) is 12.8 Å². The topological polar surface area (TPSA) is 40.5 Å². The third kappa shape index (κ3) is 9.91. The molecule has 0 saturated heterocycles. The van der Waals surface area contributed by atoms with Crippen LogP contribution in [0.15, 0.2) is 61.2 Å². The monoisotopic (exact) mass is 367 g/mol. The fourth-order valence-corrected chi connectivity index (χ4v) is 1.98. The summed E-state index contributed by atoms with van der Waals surface area (Å²) in [5.41, 5.74) is 0.355. The number of carbonyl (C=O) groups is 1. The molecule has 0 aromatic heterocycles. The fourth-order valence-electron chi connectivity index (χ4n) is 1.98. The number of amides is 1. The molecule has 2 aromatic rings. The van der Waals surface area contributed by atoms with Crippen LogP contribution in [0.1, 0.15) is 44.5 Å². The van der Waals surface area contributed by atoms with Gasteiger partial charge in [0.25, 0.3) is 5.91 Å². The van der Waals surface area contributed by atoms with Gasteiger partial charge in [-0.2, -0.15) is 0 Å². The Bertz CT molecular complexity index is 729. The Morgan fingerprint density at radius 1 is 1.15 bits per heavy atom. The molecule has 0 aliphatic carbocycles. The number of nitrogens with zero attached hydrogens (tertiary/aromatic N) is 1. The Balaban J connectivity index is 0. The predicted molar refractivity (Wildman–Crippen MR) is 119 cm³/mol. The highest BCUT2D eigenvalue weighted by atomic mass is 16.3. The second-order valence-corrected chi connectivity index (χ2v) is 5.42. The van der Waals surface area contributed by atoms with E-state index in [1.165, 1.54) is 0 Å². The molecule has 0 atom stereocenters. The summed E-state index contributed by atoms with van der Waals surface area (Å²) >= 11 is 0. The summed E-state index contributed by atoms with van der Waals surface area (Å²) < 4.78 is 0. The first kappa shape index (κ1) is 26.2. The van der Waals surface area contributed by atoms with Crippen molar-refractivity contribution in [2.75, 3.05) is 13.6 Å². The second kappa shape index (κ2) is 16.5. The Kier molecular flexibility index (Phi) is 16.0. The van der Waals surface area contributed by atoms with Gasteiger partial charge >= 0.3 is 0 Å². The van der Waals surface area contributed by atoms with Crippen molar-refractivity contribution in [2.45, 2.75) is 34.1 Å². The molecule has 3 heteroatoms. The van der Waals surface area contributed by atoms with E-state index in [0.29, 0.717) is 12.1 Å². The molecular formula is C24H33NO2. The molecular weight excluding hydrogens is 334 g/mol. The quantitative estimate of drug-likeness (QED) is 0.530. The molecule has 1 N–H and O–H groups in total. The SMILES string of the molecule is C#C.C/C=C\CC.C=CC.CCN(C)C(=O)c1cc2ccccc2cc1O. The molecule has 0 aliphatic rings. The van der Waals surface area contributed by atoms with Crippen LogP contribution < -0.4 is 0 Å². The largest absolute Gasteiger partial charge is 0.507 e. The lowest BCUT2D eigenvalue weighted by molar-refractivity contribution is 0.0799. The molecule has 1 amide bonds. The molecule has 0 bridgehead atoms. The van der Waals surface area contributed by atoms with Gasteiger partial charge in [0.15, 0.2) is 0 Å². The minimum atomic E-state index is -0.157. The Labute approximate surface area is 165 Å². The van der Waals surface area contributed by atoms with Crippen molar-refractivity contribution in [1.82, 2.24) is 4.90 Å². The molecule has 2 aromatic carbocycles. The number of phenols is 1. The van der Waals surface area contributed by atoms with E-state index in [1.807, 2.05) is 45.0 Å².